The fourth-order valence-electron chi connectivity index (χ4n) is 2.45. The number of hydrogen-bond donors (Lipinski definition) is 2. The molecule has 3 rings (SSSR count). The molecule has 4 nitrogen and oxygen atoms in total. The quantitative estimate of drug-likeness (QED) is 0.836. The summed E-state index contributed by atoms with van der Waals surface area (Å²) in [5, 5.41) is 19.8. The summed E-state index contributed by atoms with van der Waals surface area (Å²) in [7, 11) is 0. The summed E-state index contributed by atoms with van der Waals surface area (Å²) in [6.07, 6.45) is 2.92. The fourth-order valence-corrected chi connectivity index (χ4v) is 3.60. The average molecular weight is 249 g/mol. The number of aliphatic hydroxyl groups excluding tert-OH is 1. The number of rotatable bonds is 2. The molecule has 0 spiro atoms. The van der Waals surface area contributed by atoms with Crippen molar-refractivity contribution in [3.8, 4) is 6.07 Å². The molecule has 1 aliphatic carbocycles. The van der Waals surface area contributed by atoms with Crippen LogP contribution in [-0.4, -0.2) is 24.3 Å². The number of thiophene rings is 1. The summed E-state index contributed by atoms with van der Waals surface area (Å²) in [6.45, 7) is 1.54. The van der Waals surface area contributed by atoms with Gasteiger partial charge in [0, 0.05) is 18.7 Å². The van der Waals surface area contributed by atoms with Gasteiger partial charge >= 0.3 is 0 Å². The molecule has 1 saturated carbocycles. The van der Waals surface area contributed by atoms with Crippen molar-refractivity contribution < 1.29 is 5.11 Å². The van der Waals surface area contributed by atoms with Crippen LogP contribution < -0.4 is 10.6 Å². The number of nitrogens with zero attached hydrogens (tertiary/aromatic N) is 2. The number of hydrogen-bond acceptors (Lipinski definition) is 5. The molecule has 1 atom stereocenters. The first-order valence-electron chi connectivity index (χ1n) is 5.96. The van der Waals surface area contributed by atoms with Crippen LogP contribution in [0.15, 0.2) is 0 Å². The lowest BCUT2D eigenvalue weighted by atomic mass is 10.1. The standard InChI is InChI=1S/C12H15N3OS/c13-5-9-11(14)10(7-1-2-7)12(17-9)15-4-3-8(16)6-15/h7-8,16H,1-4,6,14H2. The van der Waals surface area contributed by atoms with Gasteiger partial charge in [-0.3, -0.25) is 0 Å². The topological polar surface area (TPSA) is 73.3 Å². The normalized spacial score (nSPS) is 24.0. The third-order valence-corrected chi connectivity index (χ3v) is 4.69. The molecule has 0 radical (unpaired) electrons. The molecule has 0 aromatic carbocycles. The molecule has 90 valence electrons. The van der Waals surface area contributed by atoms with Gasteiger partial charge in [0.2, 0.25) is 0 Å². The van der Waals surface area contributed by atoms with Crippen molar-refractivity contribution in [3.63, 3.8) is 0 Å². The minimum Gasteiger partial charge on any atom is -0.397 e. The van der Waals surface area contributed by atoms with Gasteiger partial charge in [-0.1, -0.05) is 0 Å². The number of anilines is 2. The second-order valence-electron chi connectivity index (χ2n) is 4.84. The molecule has 5 heteroatoms. The zero-order chi connectivity index (χ0) is 12.0. The number of nitrogen functional groups attached to an aromatic ring is 1. The smallest absolute Gasteiger partial charge is 0.130 e. The second kappa shape index (κ2) is 3.90. The molecule has 0 bridgehead atoms. The highest BCUT2D eigenvalue weighted by Crippen LogP contribution is 2.52. The Morgan fingerprint density at radius 3 is 2.71 bits per heavy atom. The van der Waals surface area contributed by atoms with Crippen molar-refractivity contribution in [1.29, 1.82) is 5.26 Å². The van der Waals surface area contributed by atoms with Crippen LogP contribution in [0.3, 0.4) is 0 Å². The summed E-state index contributed by atoms with van der Waals surface area (Å²) in [6, 6.07) is 2.18. The maximum absolute atomic E-state index is 9.61. The maximum atomic E-state index is 9.61. The van der Waals surface area contributed by atoms with E-state index in [9.17, 15) is 5.11 Å². The van der Waals surface area contributed by atoms with E-state index < -0.39 is 0 Å². The monoisotopic (exact) mass is 249 g/mol. The van der Waals surface area contributed by atoms with E-state index in [1.54, 1.807) is 0 Å². The zero-order valence-corrected chi connectivity index (χ0v) is 10.3. The van der Waals surface area contributed by atoms with Crippen LogP contribution in [-0.2, 0) is 0 Å². The largest absolute Gasteiger partial charge is 0.397 e. The predicted molar refractivity (Wildman–Crippen MR) is 68.3 cm³/mol. The molecule has 2 aliphatic rings. The highest BCUT2D eigenvalue weighted by molar-refractivity contribution is 7.17. The van der Waals surface area contributed by atoms with Gasteiger partial charge in [-0.2, -0.15) is 5.26 Å². The van der Waals surface area contributed by atoms with Gasteiger partial charge in [0.05, 0.1) is 16.8 Å². The predicted octanol–water partition coefficient (Wildman–Crippen LogP) is 1.65. The first-order valence-corrected chi connectivity index (χ1v) is 6.77. The van der Waals surface area contributed by atoms with Crippen molar-refractivity contribution >= 4 is 22.0 Å². The van der Waals surface area contributed by atoms with E-state index in [1.165, 1.54) is 29.7 Å². The molecule has 3 N–H and O–H groups in total. The molecule has 2 heterocycles. The Hall–Kier alpha value is -1.25. The maximum Gasteiger partial charge on any atom is 0.130 e. The Kier molecular flexibility index (Phi) is 2.49. The first-order chi connectivity index (χ1) is 8.20. The van der Waals surface area contributed by atoms with Gasteiger partial charge in [0.15, 0.2) is 0 Å². The lowest BCUT2D eigenvalue weighted by Crippen LogP contribution is -2.21. The van der Waals surface area contributed by atoms with Crippen LogP contribution in [0.5, 0.6) is 0 Å². The Morgan fingerprint density at radius 2 is 2.18 bits per heavy atom. The van der Waals surface area contributed by atoms with Gasteiger partial charge in [-0.05, 0) is 25.2 Å². The van der Waals surface area contributed by atoms with Gasteiger partial charge in [0.1, 0.15) is 10.9 Å². The Morgan fingerprint density at radius 1 is 1.41 bits per heavy atom. The van der Waals surface area contributed by atoms with Crippen molar-refractivity contribution in [2.45, 2.75) is 31.3 Å². The van der Waals surface area contributed by atoms with E-state index in [0.717, 1.165) is 18.0 Å². The van der Waals surface area contributed by atoms with Gasteiger partial charge < -0.3 is 15.7 Å². The molecule has 1 aromatic rings. The molecular weight excluding hydrogens is 234 g/mol. The molecule has 2 fully saturated rings. The molecule has 1 aromatic heterocycles. The third-order valence-electron chi connectivity index (χ3n) is 3.50. The first kappa shape index (κ1) is 10.9. The van der Waals surface area contributed by atoms with Crippen LogP contribution in [0.25, 0.3) is 0 Å². The van der Waals surface area contributed by atoms with Crippen LogP contribution in [0.4, 0.5) is 10.7 Å². The van der Waals surface area contributed by atoms with Gasteiger partial charge in [0.25, 0.3) is 0 Å². The molecule has 17 heavy (non-hydrogen) atoms. The van der Waals surface area contributed by atoms with Crippen LogP contribution in [0, 0.1) is 11.3 Å². The minimum absolute atomic E-state index is 0.240. The SMILES string of the molecule is N#Cc1sc(N2CCC(O)C2)c(C2CC2)c1N. The summed E-state index contributed by atoms with van der Waals surface area (Å²) < 4.78 is 0. The van der Waals surface area contributed by atoms with E-state index in [4.69, 9.17) is 11.0 Å². The molecule has 1 aliphatic heterocycles. The summed E-state index contributed by atoms with van der Waals surface area (Å²) in [5.41, 5.74) is 7.90. The highest BCUT2D eigenvalue weighted by atomic mass is 32.1. The van der Waals surface area contributed by atoms with Crippen molar-refractivity contribution in [2.75, 3.05) is 23.7 Å². The van der Waals surface area contributed by atoms with E-state index in [1.807, 2.05) is 0 Å². The molecule has 1 unspecified atom stereocenters. The van der Waals surface area contributed by atoms with E-state index in [-0.39, 0.29) is 6.10 Å². The highest BCUT2D eigenvalue weighted by Gasteiger charge is 2.34. The third kappa shape index (κ3) is 1.78. The lowest BCUT2D eigenvalue weighted by molar-refractivity contribution is 0.198. The van der Waals surface area contributed by atoms with E-state index in [0.29, 0.717) is 23.0 Å². The Labute approximate surface area is 104 Å². The number of aliphatic hydroxyl groups is 1. The van der Waals surface area contributed by atoms with Crippen molar-refractivity contribution in [1.82, 2.24) is 0 Å². The zero-order valence-electron chi connectivity index (χ0n) is 9.52. The van der Waals surface area contributed by atoms with Crippen molar-refractivity contribution in [2.24, 2.45) is 0 Å². The molecular formula is C12H15N3OS. The number of nitrogens with two attached hydrogens (primary N) is 1. The lowest BCUT2D eigenvalue weighted by Gasteiger charge is -2.17. The Bertz CT molecular complexity index is 487. The number of nitriles is 1. The average Bonchev–Trinajstić information content (AvgIpc) is 2.97. The summed E-state index contributed by atoms with van der Waals surface area (Å²) >= 11 is 1.48. The number of β-amino-alcohol motifs (C(OH)–C–C–N with tert-alkyl or cyclic N) is 1. The van der Waals surface area contributed by atoms with Crippen molar-refractivity contribution in [3.05, 3.63) is 10.4 Å². The van der Waals surface area contributed by atoms with Crippen LogP contribution >= 0.6 is 11.3 Å². The van der Waals surface area contributed by atoms with Gasteiger partial charge in [-0.15, -0.1) is 11.3 Å². The molecule has 1 saturated heterocycles. The minimum atomic E-state index is -0.240. The summed E-state index contributed by atoms with van der Waals surface area (Å²) in [4.78, 5) is 2.81. The van der Waals surface area contributed by atoms with E-state index in [2.05, 4.69) is 11.0 Å². The van der Waals surface area contributed by atoms with Crippen LogP contribution in [0.2, 0.25) is 0 Å². The second-order valence-corrected chi connectivity index (χ2v) is 5.84. The summed E-state index contributed by atoms with van der Waals surface area (Å²) in [5.74, 6) is 0.543. The van der Waals surface area contributed by atoms with Crippen LogP contribution in [0.1, 0.15) is 35.6 Å². The molecule has 0 amide bonds. The Balaban J connectivity index is 2.00. The van der Waals surface area contributed by atoms with E-state index >= 15 is 0 Å². The fraction of sp³-hybridized carbons (Fsp3) is 0.583. The van der Waals surface area contributed by atoms with Gasteiger partial charge in [-0.25, -0.2) is 0 Å².